The molecule has 0 saturated heterocycles. The summed E-state index contributed by atoms with van der Waals surface area (Å²) in [5.41, 5.74) is 0.689. The van der Waals surface area contributed by atoms with E-state index >= 15 is 0 Å². The highest BCUT2D eigenvalue weighted by Crippen LogP contribution is 2.23. The summed E-state index contributed by atoms with van der Waals surface area (Å²) in [6.07, 6.45) is 0. The zero-order chi connectivity index (χ0) is 18.4. The number of carbonyl (C=O) groups is 1. The van der Waals surface area contributed by atoms with E-state index in [2.05, 4.69) is 0 Å². The van der Waals surface area contributed by atoms with Crippen LogP contribution in [-0.2, 0) is 4.79 Å². The normalized spacial score (nSPS) is 11.5. The van der Waals surface area contributed by atoms with E-state index in [0.717, 1.165) is 0 Å². The minimum Gasteiger partial charge on any atom is -0.497 e. The fourth-order valence-electron chi connectivity index (χ4n) is 2.26. The summed E-state index contributed by atoms with van der Waals surface area (Å²) in [6, 6.07) is 12.9. The van der Waals surface area contributed by atoms with E-state index in [1.807, 2.05) is 6.92 Å². The van der Waals surface area contributed by atoms with Gasteiger partial charge in [-0.3, -0.25) is 14.9 Å². The third-order valence-corrected chi connectivity index (χ3v) is 3.96. The summed E-state index contributed by atoms with van der Waals surface area (Å²) in [5, 5.41) is 10.9. The lowest BCUT2D eigenvalue weighted by atomic mass is 10.1. The molecule has 0 fully saturated rings. The Balaban J connectivity index is 1.98. The number of amides is 1. The van der Waals surface area contributed by atoms with Gasteiger partial charge >= 0.3 is 0 Å². The van der Waals surface area contributed by atoms with Gasteiger partial charge in [-0.05, 0) is 36.8 Å². The summed E-state index contributed by atoms with van der Waals surface area (Å²) < 4.78 is 10.5. The van der Waals surface area contributed by atoms with Gasteiger partial charge in [0.05, 0.1) is 18.1 Å². The summed E-state index contributed by atoms with van der Waals surface area (Å²) in [7, 11) is 3.22. The minimum absolute atomic E-state index is 0.000295. The number of likely N-dealkylation sites (N-methyl/N-ethyl adjacent to an activating group) is 1. The van der Waals surface area contributed by atoms with Crippen LogP contribution in [0, 0.1) is 10.1 Å². The predicted octanol–water partition coefficient (Wildman–Crippen LogP) is 3.20. The van der Waals surface area contributed by atoms with Gasteiger partial charge in [-0.25, -0.2) is 0 Å². The van der Waals surface area contributed by atoms with Crippen LogP contribution < -0.4 is 9.47 Å². The lowest BCUT2D eigenvalue weighted by molar-refractivity contribution is -0.384. The number of benzene rings is 2. The Morgan fingerprint density at radius 1 is 1.20 bits per heavy atom. The number of rotatable bonds is 7. The van der Waals surface area contributed by atoms with Crippen molar-refractivity contribution in [2.24, 2.45) is 0 Å². The van der Waals surface area contributed by atoms with Crippen LogP contribution in [0.15, 0.2) is 48.5 Å². The molecule has 0 spiro atoms. The number of hydrogen-bond donors (Lipinski definition) is 0. The molecule has 0 aliphatic carbocycles. The van der Waals surface area contributed by atoms with Gasteiger partial charge in [-0.15, -0.1) is 0 Å². The average Bonchev–Trinajstić information content (AvgIpc) is 2.65. The smallest absolute Gasteiger partial charge is 0.269 e. The van der Waals surface area contributed by atoms with Gasteiger partial charge in [0.25, 0.3) is 11.6 Å². The van der Waals surface area contributed by atoms with Crippen molar-refractivity contribution in [3.63, 3.8) is 0 Å². The highest BCUT2D eigenvalue weighted by Gasteiger charge is 2.19. The molecule has 0 aliphatic rings. The second-order valence-electron chi connectivity index (χ2n) is 5.50. The first kappa shape index (κ1) is 18.3. The van der Waals surface area contributed by atoms with E-state index in [4.69, 9.17) is 9.47 Å². The zero-order valence-electron chi connectivity index (χ0n) is 14.3. The molecule has 0 bridgehead atoms. The Kier molecular flexibility index (Phi) is 5.94. The number of nitro groups is 1. The molecule has 2 rings (SSSR count). The Morgan fingerprint density at radius 2 is 1.84 bits per heavy atom. The van der Waals surface area contributed by atoms with Crippen molar-refractivity contribution in [3.05, 3.63) is 64.2 Å². The highest BCUT2D eigenvalue weighted by molar-refractivity contribution is 5.78. The third kappa shape index (κ3) is 4.69. The molecule has 25 heavy (non-hydrogen) atoms. The molecule has 0 N–H and O–H groups in total. The summed E-state index contributed by atoms with van der Waals surface area (Å²) in [5.74, 6) is 1.04. The third-order valence-electron chi connectivity index (χ3n) is 3.96. The Hall–Kier alpha value is -3.09. The van der Waals surface area contributed by atoms with Gasteiger partial charge in [-0.1, -0.05) is 12.1 Å². The number of nitrogens with zero attached hydrogens (tertiary/aromatic N) is 2. The first-order valence-corrected chi connectivity index (χ1v) is 7.69. The monoisotopic (exact) mass is 344 g/mol. The number of nitro benzene ring substituents is 1. The molecule has 132 valence electrons. The van der Waals surface area contributed by atoms with Crippen LogP contribution in [0.25, 0.3) is 0 Å². The number of hydrogen-bond acceptors (Lipinski definition) is 5. The molecule has 0 radical (unpaired) electrons. The van der Waals surface area contributed by atoms with Gasteiger partial charge in [0.15, 0.2) is 6.61 Å². The largest absolute Gasteiger partial charge is 0.497 e. The van der Waals surface area contributed by atoms with E-state index in [-0.39, 0.29) is 24.2 Å². The van der Waals surface area contributed by atoms with E-state index < -0.39 is 4.92 Å². The highest BCUT2D eigenvalue weighted by atomic mass is 16.6. The Labute approximate surface area is 145 Å². The fourth-order valence-corrected chi connectivity index (χ4v) is 2.26. The van der Waals surface area contributed by atoms with Gasteiger partial charge < -0.3 is 14.4 Å². The lowest BCUT2D eigenvalue weighted by Gasteiger charge is -2.25. The Bertz CT molecular complexity index is 745. The van der Waals surface area contributed by atoms with E-state index in [1.54, 1.807) is 50.6 Å². The maximum Gasteiger partial charge on any atom is 0.269 e. The molecule has 0 aromatic heterocycles. The SMILES string of the molecule is COc1ccc(OCC(=O)N(C)C(C)c2cccc([N+](=O)[O-])c2)cc1. The quantitative estimate of drug-likeness (QED) is 0.569. The molecule has 7 heteroatoms. The molecule has 7 nitrogen and oxygen atoms in total. The van der Waals surface area contributed by atoms with Gasteiger partial charge in [-0.2, -0.15) is 0 Å². The van der Waals surface area contributed by atoms with E-state index in [0.29, 0.717) is 17.1 Å². The van der Waals surface area contributed by atoms with Crippen molar-refractivity contribution in [3.8, 4) is 11.5 Å². The maximum absolute atomic E-state index is 12.3. The van der Waals surface area contributed by atoms with Crippen LogP contribution in [-0.4, -0.2) is 36.5 Å². The summed E-state index contributed by atoms with van der Waals surface area (Å²) >= 11 is 0. The molecular formula is C18H20N2O5. The van der Waals surface area contributed by atoms with E-state index in [9.17, 15) is 14.9 Å². The van der Waals surface area contributed by atoms with Crippen LogP contribution in [0.4, 0.5) is 5.69 Å². The standard InChI is InChI=1S/C18H20N2O5/c1-13(14-5-4-6-15(11-14)20(22)23)19(2)18(21)12-25-17-9-7-16(24-3)8-10-17/h4-11,13H,12H2,1-3H3. The maximum atomic E-state index is 12.3. The van der Waals surface area contributed by atoms with Crippen molar-refractivity contribution in [2.75, 3.05) is 20.8 Å². The van der Waals surface area contributed by atoms with Crippen molar-refractivity contribution < 1.29 is 19.2 Å². The molecule has 0 heterocycles. The fraction of sp³-hybridized carbons (Fsp3) is 0.278. The van der Waals surface area contributed by atoms with Crippen LogP contribution in [0.3, 0.4) is 0 Å². The topological polar surface area (TPSA) is 81.9 Å². The minimum atomic E-state index is -0.454. The molecule has 0 aliphatic heterocycles. The first-order chi connectivity index (χ1) is 11.9. The van der Waals surface area contributed by atoms with Crippen molar-refractivity contribution in [2.45, 2.75) is 13.0 Å². The first-order valence-electron chi connectivity index (χ1n) is 7.69. The van der Waals surface area contributed by atoms with Gasteiger partial charge in [0, 0.05) is 19.2 Å². The summed E-state index contributed by atoms with van der Waals surface area (Å²) in [6.45, 7) is 1.69. The van der Waals surface area contributed by atoms with Crippen molar-refractivity contribution >= 4 is 11.6 Å². The van der Waals surface area contributed by atoms with Crippen LogP contribution in [0.1, 0.15) is 18.5 Å². The van der Waals surface area contributed by atoms with Crippen LogP contribution >= 0.6 is 0 Å². The predicted molar refractivity (Wildman–Crippen MR) is 92.8 cm³/mol. The van der Waals surface area contributed by atoms with Crippen LogP contribution in [0.2, 0.25) is 0 Å². The second kappa shape index (κ2) is 8.14. The van der Waals surface area contributed by atoms with Gasteiger partial charge in [0.2, 0.25) is 0 Å². The van der Waals surface area contributed by atoms with Crippen molar-refractivity contribution in [1.82, 2.24) is 4.90 Å². The summed E-state index contributed by atoms with van der Waals surface area (Å²) in [4.78, 5) is 24.2. The number of carbonyl (C=O) groups excluding carboxylic acids is 1. The number of methoxy groups -OCH3 is 1. The average molecular weight is 344 g/mol. The van der Waals surface area contributed by atoms with Crippen LogP contribution in [0.5, 0.6) is 11.5 Å². The molecular weight excluding hydrogens is 324 g/mol. The lowest BCUT2D eigenvalue weighted by Crippen LogP contribution is -2.33. The molecule has 1 unspecified atom stereocenters. The molecule has 2 aromatic rings. The molecule has 0 saturated carbocycles. The Morgan fingerprint density at radius 3 is 2.44 bits per heavy atom. The second-order valence-corrected chi connectivity index (χ2v) is 5.50. The number of non-ortho nitro benzene ring substituents is 1. The van der Waals surface area contributed by atoms with Crippen molar-refractivity contribution in [1.29, 1.82) is 0 Å². The van der Waals surface area contributed by atoms with Gasteiger partial charge in [0.1, 0.15) is 11.5 Å². The van der Waals surface area contributed by atoms with E-state index in [1.165, 1.54) is 17.0 Å². The number of ether oxygens (including phenoxy) is 2. The zero-order valence-corrected chi connectivity index (χ0v) is 14.3. The molecule has 1 amide bonds. The molecule has 1 atom stereocenters. The molecule has 2 aromatic carbocycles.